The Bertz CT molecular complexity index is 357. The van der Waals surface area contributed by atoms with Crippen LogP contribution < -0.4 is 4.90 Å². The zero-order chi connectivity index (χ0) is 11.5. The Morgan fingerprint density at radius 1 is 1.38 bits per heavy atom. The van der Waals surface area contributed by atoms with Crippen molar-refractivity contribution in [1.82, 2.24) is 4.98 Å². The van der Waals surface area contributed by atoms with Crippen molar-refractivity contribution >= 4 is 5.82 Å². The van der Waals surface area contributed by atoms with Crippen LogP contribution >= 0.6 is 0 Å². The fourth-order valence-electron chi connectivity index (χ4n) is 2.21. The highest BCUT2D eigenvalue weighted by Gasteiger charge is 2.17. The SMILES string of the molecule is Cc1cc(CO)cc(N2CCC(C)CC2)n1. The van der Waals surface area contributed by atoms with E-state index in [2.05, 4.69) is 16.8 Å². The second-order valence-corrected chi connectivity index (χ2v) is 4.80. The Labute approximate surface area is 97.1 Å². The van der Waals surface area contributed by atoms with Gasteiger partial charge in [0.15, 0.2) is 0 Å². The molecule has 0 atom stereocenters. The third-order valence-corrected chi connectivity index (χ3v) is 3.29. The summed E-state index contributed by atoms with van der Waals surface area (Å²) in [7, 11) is 0. The molecule has 1 fully saturated rings. The van der Waals surface area contributed by atoms with E-state index in [-0.39, 0.29) is 6.61 Å². The number of hydrogen-bond acceptors (Lipinski definition) is 3. The molecule has 3 nitrogen and oxygen atoms in total. The van der Waals surface area contributed by atoms with E-state index in [0.717, 1.165) is 36.1 Å². The summed E-state index contributed by atoms with van der Waals surface area (Å²) in [5.74, 6) is 1.86. The van der Waals surface area contributed by atoms with E-state index in [9.17, 15) is 5.11 Å². The number of aliphatic hydroxyl groups is 1. The van der Waals surface area contributed by atoms with Crippen molar-refractivity contribution in [1.29, 1.82) is 0 Å². The monoisotopic (exact) mass is 220 g/mol. The molecular formula is C13H20N2O. The summed E-state index contributed by atoms with van der Waals surface area (Å²) in [6.07, 6.45) is 2.48. The van der Waals surface area contributed by atoms with Crippen LogP contribution in [-0.2, 0) is 6.61 Å². The van der Waals surface area contributed by atoms with Gasteiger partial charge in [-0.25, -0.2) is 4.98 Å². The lowest BCUT2D eigenvalue weighted by atomic mass is 9.99. The molecule has 1 aromatic heterocycles. The normalized spacial score (nSPS) is 17.8. The molecule has 0 aromatic carbocycles. The maximum Gasteiger partial charge on any atom is 0.129 e. The fourth-order valence-corrected chi connectivity index (χ4v) is 2.21. The summed E-state index contributed by atoms with van der Waals surface area (Å²) in [6.45, 7) is 6.56. The second kappa shape index (κ2) is 4.83. The molecule has 3 heteroatoms. The first kappa shape index (κ1) is 11.4. The Hall–Kier alpha value is -1.09. The predicted octanol–water partition coefficient (Wildman–Crippen LogP) is 2.12. The minimum Gasteiger partial charge on any atom is -0.392 e. The van der Waals surface area contributed by atoms with E-state index in [4.69, 9.17) is 0 Å². The first-order valence-electron chi connectivity index (χ1n) is 6.02. The van der Waals surface area contributed by atoms with Crippen molar-refractivity contribution in [2.24, 2.45) is 5.92 Å². The number of aliphatic hydroxyl groups excluding tert-OH is 1. The van der Waals surface area contributed by atoms with Gasteiger partial charge in [-0.3, -0.25) is 0 Å². The first-order valence-corrected chi connectivity index (χ1v) is 6.02. The molecule has 0 aliphatic carbocycles. The molecule has 2 heterocycles. The molecule has 0 bridgehead atoms. The van der Waals surface area contributed by atoms with Crippen LogP contribution in [0.3, 0.4) is 0 Å². The number of nitrogens with zero attached hydrogens (tertiary/aromatic N) is 2. The number of anilines is 1. The average molecular weight is 220 g/mol. The molecule has 1 N–H and O–H groups in total. The predicted molar refractivity (Wildman–Crippen MR) is 65.5 cm³/mol. The second-order valence-electron chi connectivity index (χ2n) is 4.80. The third-order valence-electron chi connectivity index (χ3n) is 3.29. The molecule has 1 saturated heterocycles. The fraction of sp³-hybridized carbons (Fsp3) is 0.615. The van der Waals surface area contributed by atoms with Crippen LogP contribution in [-0.4, -0.2) is 23.2 Å². The van der Waals surface area contributed by atoms with Gasteiger partial charge in [0, 0.05) is 18.8 Å². The van der Waals surface area contributed by atoms with Crippen LogP contribution in [0.2, 0.25) is 0 Å². The summed E-state index contributed by atoms with van der Waals surface area (Å²) >= 11 is 0. The van der Waals surface area contributed by atoms with Gasteiger partial charge in [-0.1, -0.05) is 6.92 Å². The maximum atomic E-state index is 9.18. The van der Waals surface area contributed by atoms with Crippen molar-refractivity contribution < 1.29 is 5.11 Å². The van der Waals surface area contributed by atoms with Crippen LogP contribution in [0.25, 0.3) is 0 Å². The molecule has 0 unspecified atom stereocenters. The van der Waals surface area contributed by atoms with Gasteiger partial charge in [0.25, 0.3) is 0 Å². The summed E-state index contributed by atoms with van der Waals surface area (Å²) in [5.41, 5.74) is 1.95. The molecule has 1 aliphatic heterocycles. The van der Waals surface area contributed by atoms with Gasteiger partial charge in [-0.15, -0.1) is 0 Å². The van der Waals surface area contributed by atoms with Gasteiger partial charge in [-0.05, 0) is 43.4 Å². The highest BCUT2D eigenvalue weighted by atomic mass is 16.3. The lowest BCUT2D eigenvalue weighted by Gasteiger charge is -2.31. The van der Waals surface area contributed by atoms with E-state index in [1.807, 2.05) is 19.1 Å². The Balaban J connectivity index is 2.16. The zero-order valence-electron chi connectivity index (χ0n) is 10.1. The molecule has 0 amide bonds. The van der Waals surface area contributed by atoms with Crippen LogP contribution in [0.1, 0.15) is 31.0 Å². The molecule has 88 valence electrons. The van der Waals surface area contributed by atoms with Crippen molar-refractivity contribution in [2.75, 3.05) is 18.0 Å². The van der Waals surface area contributed by atoms with E-state index < -0.39 is 0 Å². The third kappa shape index (κ3) is 2.53. The van der Waals surface area contributed by atoms with E-state index in [1.54, 1.807) is 0 Å². The first-order chi connectivity index (χ1) is 7.69. The molecule has 16 heavy (non-hydrogen) atoms. The van der Waals surface area contributed by atoms with Crippen molar-refractivity contribution in [3.8, 4) is 0 Å². The van der Waals surface area contributed by atoms with Crippen molar-refractivity contribution in [3.05, 3.63) is 23.4 Å². The molecule has 0 saturated carbocycles. The summed E-state index contributed by atoms with van der Waals surface area (Å²) < 4.78 is 0. The molecule has 0 radical (unpaired) electrons. The molecular weight excluding hydrogens is 200 g/mol. The Morgan fingerprint density at radius 3 is 2.69 bits per heavy atom. The van der Waals surface area contributed by atoms with Crippen molar-refractivity contribution in [3.63, 3.8) is 0 Å². The van der Waals surface area contributed by atoms with Gasteiger partial charge in [0.1, 0.15) is 5.82 Å². The minimum atomic E-state index is 0.0978. The highest BCUT2D eigenvalue weighted by Crippen LogP contribution is 2.22. The average Bonchev–Trinajstić information content (AvgIpc) is 2.29. The lowest BCUT2D eigenvalue weighted by molar-refractivity contribution is 0.281. The van der Waals surface area contributed by atoms with E-state index >= 15 is 0 Å². The van der Waals surface area contributed by atoms with Crippen LogP contribution in [0, 0.1) is 12.8 Å². The molecule has 2 rings (SSSR count). The number of rotatable bonds is 2. The quantitative estimate of drug-likeness (QED) is 0.829. The molecule has 1 aromatic rings. The lowest BCUT2D eigenvalue weighted by Crippen LogP contribution is -2.33. The van der Waals surface area contributed by atoms with Crippen LogP contribution in [0.4, 0.5) is 5.82 Å². The molecule has 1 aliphatic rings. The van der Waals surface area contributed by atoms with E-state index in [1.165, 1.54) is 12.8 Å². The Kier molecular flexibility index (Phi) is 3.44. The molecule has 0 spiro atoms. The van der Waals surface area contributed by atoms with Crippen LogP contribution in [0.15, 0.2) is 12.1 Å². The smallest absolute Gasteiger partial charge is 0.129 e. The number of piperidine rings is 1. The van der Waals surface area contributed by atoms with Gasteiger partial charge >= 0.3 is 0 Å². The van der Waals surface area contributed by atoms with Gasteiger partial charge in [-0.2, -0.15) is 0 Å². The number of aromatic nitrogens is 1. The summed E-state index contributed by atoms with van der Waals surface area (Å²) in [5, 5.41) is 9.18. The maximum absolute atomic E-state index is 9.18. The summed E-state index contributed by atoms with van der Waals surface area (Å²) in [4.78, 5) is 6.87. The zero-order valence-corrected chi connectivity index (χ0v) is 10.1. The topological polar surface area (TPSA) is 36.4 Å². The minimum absolute atomic E-state index is 0.0978. The summed E-state index contributed by atoms with van der Waals surface area (Å²) in [6, 6.07) is 3.94. The highest BCUT2D eigenvalue weighted by molar-refractivity contribution is 5.42. The van der Waals surface area contributed by atoms with Gasteiger partial charge in [0.05, 0.1) is 6.61 Å². The van der Waals surface area contributed by atoms with Gasteiger partial charge in [0.2, 0.25) is 0 Å². The number of aryl methyl sites for hydroxylation is 1. The number of pyridine rings is 1. The largest absolute Gasteiger partial charge is 0.392 e. The standard InChI is InChI=1S/C13H20N2O/c1-10-3-5-15(6-4-10)13-8-12(9-16)7-11(2)14-13/h7-8,10,16H,3-6,9H2,1-2H3. The van der Waals surface area contributed by atoms with Crippen LogP contribution in [0.5, 0.6) is 0 Å². The van der Waals surface area contributed by atoms with E-state index in [0.29, 0.717) is 0 Å². The number of hydrogen-bond donors (Lipinski definition) is 1. The van der Waals surface area contributed by atoms with Crippen molar-refractivity contribution in [2.45, 2.75) is 33.3 Å². The van der Waals surface area contributed by atoms with Gasteiger partial charge < -0.3 is 10.0 Å². The Morgan fingerprint density at radius 2 is 2.06 bits per heavy atom.